The van der Waals surface area contributed by atoms with Crippen LogP contribution in [-0.2, 0) is 0 Å². The molecule has 136 valence electrons. The van der Waals surface area contributed by atoms with Gasteiger partial charge in [-0.05, 0) is 24.3 Å². The first-order chi connectivity index (χ1) is 11.7. The van der Waals surface area contributed by atoms with Gasteiger partial charge in [0.1, 0.15) is 17.2 Å². The van der Waals surface area contributed by atoms with E-state index >= 15 is 0 Å². The minimum Gasteiger partial charge on any atom is -0.508 e. The molecule has 0 atom stereocenters. The van der Waals surface area contributed by atoms with E-state index in [4.69, 9.17) is 32.7 Å². The van der Waals surface area contributed by atoms with Crippen molar-refractivity contribution in [2.75, 3.05) is 13.2 Å². The summed E-state index contributed by atoms with van der Waals surface area (Å²) in [4.78, 5) is 0. The van der Waals surface area contributed by atoms with Crippen LogP contribution in [0.3, 0.4) is 0 Å². The van der Waals surface area contributed by atoms with Gasteiger partial charge >= 0.3 is 6.36 Å². The highest BCUT2D eigenvalue weighted by Gasteiger charge is 2.30. The second-order valence-corrected chi connectivity index (χ2v) is 5.62. The first kappa shape index (κ1) is 19.3. The van der Waals surface area contributed by atoms with Gasteiger partial charge in [0.25, 0.3) is 0 Å². The summed E-state index contributed by atoms with van der Waals surface area (Å²) < 4.78 is 50.7. The van der Waals surface area contributed by atoms with Crippen LogP contribution in [0.25, 0.3) is 0 Å². The van der Waals surface area contributed by atoms with Crippen molar-refractivity contribution in [2.45, 2.75) is 12.8 Å². The summed E-state index contributed by atoms with van der Waals surface area (Å²) in [5, 5.41) is 9.69. The molecule has 0 aliphatic rings. The zero-order valence-electron chi connectivity index (χ0n) is 12.6. The van der Waals surface area contributed by atoms with Crippen molar-refractivity contribution in [3.63, 3.8) is 0 Å². The summed E-state index contributed by atoms with van der Waals surface area (Å²) in [6, 6.07) is 7.68. The molecule has 2 aromatic carbocycles. The Hall–Kier alpha value is -1.99. The van der Waals surface area contributed by atoms with Gasteiger partial charge in [-0.3, -0.25) is 0 Å². The van der Waals surface area contributed by atoms with Gasteiger partial charge in [-0.25, -0.2) is 0 Å². The van der Waals surface area contributed by atoms with Gasteiger partial charge < -0.3 is 19.3 Å². The van der Waals surface area contributed by atoms with E-state index in [0.29, 0.717) is 12.2 Å². The number of alkyl halides is 3. The molecule has 2 rings (SSSR count). The summed E-state index contributed by atoms with van der Waals surface area (Å²) in [6.45, 7) is 0.520. The minimum atomic E-state index is -4.73. The van der Waals surface area contributed by atoms with Crippen molar-refractivity contribution < 1.29 is 32.5 Å². The van der Waals surface area contributed by atoms with Gasteiger partial charge in [-0.1, -0.05) is 23.2 Å². The van der Waals surface area contributed by atoms with Crippen LogP contribution in [-0.4, -0.2) is 24.7 Å². The van der Waals surface area contributed by atoms with Crippen LogP contribution in [0.15, 0.2) is 36.4 Å². The second kappa shape index (κ2) is 8.40. The van der Waals surface area contributed by atoms with Crippen molar-refractivity contribution in [3.8, 4) is 23.0 Å². The molecular formula is C16H13Cl2F3O4. The number of aromatic hydroxyl groups is 1. The van der Waals surface area contributed by atoms with E-state index in [1.165, 1.54) is 24.3 Å². The molecule has 0 radical (unpaired) electrons. The van der Waals surface area contributed by atoms with Gasteiger partial charge in [0.05, 0.1) is 23.3 Å². The van der Waals surface area contributed by atoms with Crippen molar-refractivity contribution in [1.82, 2.24) is 0 Å². The van der Waals surface area contributed by atoms with Gasteiger partial charge in [0.15, 0.2) is 5.75 Å². The third-order valence-corrected chi connectivity index (χ3v) is 3.41. The maximum absolute atomic E-state index is 12.0. The lowest BCUT2D eigenvalue weighted by molar-refractivity contribution is -0.274. The fraction of sp³-hybridized carbons (Fsp3) is 0.250. The number of phenols is 1. The lowest BCUT2D eigenvalue weighted by atomic mass is 10.3. The first-order valence-corrected chi connectivity index (χ1v) is 7.79. The molecule has 0 unspecified atom stereocenters. The van der Waals surface area contributed by atoms with E-state index in [0.717, 1.165) is 12.1 Å². The fourth-order valence-electron chi connectivity index (χ4n) is 1.85. The lowest BCUT2D eigenvalue weighted by Gasteiger charge is -2.12. The molecular weight excluding hydrogens is 384 g/mol. The largest absolute Gasteiger partial charge is 0.573 e. The molecule has 0 aromatic heterocycles. The van der Waals surface area contributed by atoms with Crippen molar-refractivity contribution >= 4 is 23.2 Å². The molecule has 0 aliphatic carbocycles. The number of benzene rings is 2. The van der Waals surface area contributed by atoms with Gasteiger partial charge in [0, 0.05) is 18.6 Å². The van der Waals surface area contributed by atoms with Crippen molar-refractivity contribution in [2.24, 2.45) is 0 Å². The third-order valence-electron chi connectivity index (χ3n) is 2.84. The molecule has 2 aromatic rings. The Balaban J connectivity index is 1.75. The van der Waals surface area contributed by atoms with Gasteiger partial charge in [0.2, 0.25) is 0 Å². The average molecular weight is 397 g/mol. The predicted molar refractivity (Wildman–Crippen MR) is 86.9 cm³/mol. The monoisotopic (exact) mass is 396 g/mol. The highest BCUT2D eigenvalue weighted by atomic mass is 35.5. The summed E-state index contributed by atoms with van der Waals surface area (Å²) in [5.74, 6) is 0.272. The zero-order chi connectivity index (χ0) is 18.4. The quantitative estimate of drug-likeness (QED) is 0.632. The Morgan fingerprint density at radius 3 is 1.96 bits per heavy atom. The highest BCUT2D eigenvalue weighted by Crippen LogP contribution is 2.36. The Morgan fingerprint density at radius 1 is 0.880 bits per heavy atom. The van der Waals surface area contributed by atoms with Gasteiger partial charge in [-0.2, -0.15) is 0 Å². The van der Waals surface area contributed by atoms with Crippen LogP contribution in [0.2, 0.25) is 10.0 Å². The number of hydrogen-bond acceptors (Lipinski definition) is 4. The summed E-state index contributed by atoms with van der Waals surface area (Å²) in [6.07, 6.45) is -4.25. The molecule has 9 heteroatoms. The van der Waals surface area contributed by atoms with Gasteiger partial charge in [-0.15, -0.1) is 13.2 Å². The smallest absolute Gasteiger partial charge is 0.508 e. The molecule has 25 heavy (non-hydrogen) atoms. The normalized spacial score (nSPS) is 11.2. The van der Waals surface area contributed by atoms with Crippen molar-refractivity contribution in [1.29, 1.82) is 0 Å². The highest BCUT2D eigenvalue weighted by molar-refractivity contribution is 6.37. The Labute approximate surface area is 151 Å². The Morgan fingerprint density at radius 2 is 1.40 bits per heavy atom. The molecule has 0 fully saturated rings. The predicted octanol–water partition coefficient (Wildman–Crippen LogP) is 5.45. The third kappa shape index (κ3) is 6.43. The number of halogens is 5. The van der Waals surface area contributed by atoms with E-state index in [2.05, 4.69) is 4.74 Å². The molecule has 0 aliphatic heterocycles. The van der Waals surface area contributed by atoms with E-state index in [1.54, 1.807) is 0 Å². The number of hydrogen-bond donors (Lipinski definition) is 1. The molecule has 1 N–H and O–H groups in total. The number of ether oxygens (including phenoxy) is 3. The standard InChI is InChI=1S/C16H13Cl2F3O4/c17-13-8-10(22)9-14(18)15(13)24-7-1-6-23-11-2-4-12(5-3-11)25-16(19,20)21/h2-5,8-9,22H,1,6-7H2. The Kier molecular flexibility index (Phi) is 6.50. The summed E-state index contributed by atoms with van der Waals surface area (Å²) >= 11 is 11.8. The molecule has 0 spiro atoms. The number of phenolic OH excluding ortho intramolecular Hbond substituents is 1. The summed E-state index contributed by atoms with van der Waals surface area (Å²) in [7, 11) is 0. The maximum atomic E-state index is 12.0. The molecule has 0 saturated heterocycles. The van der Waals surface area contributed by atoms with E-state index < -0.39 is 6.36 Å². The van der Waals surface area contributed by atoms with E-state index in [-0.39, 0.29) is 40.5 Å². The molecule has 0 amide bonds. The second-order valence-electron chi connectivity index (χ2n) is 4.81. The van der Waals surface area contributed by atoms with Crippen molar-refractivity contribution in [3.05, 3.63) is 46.4 Å². The van der Waals surface area contributed by atoms with Crippen LogP contribution in [0.5, 0.6) is 23.0 Å². The van der Waals surface area contributed by atoms with E-state index in [1.807, 2.05) is 0 Å². The van der Waals surface area contributed by atoms with Crippen LogP contribution in [0.4, 0.5) is 13.2 Å². The average Bonchev–Trinajstić information content (AvgIpc) is 2.49. The number of rotatable bonds is 7. The Bertz CT molecular complexity index is 683. The molecule has 0 saturated carbocycles. The maximum Gasteiger partial charge on any atom is 0.573 e. The molecule has 0 heterocycles. The molecule has 4 nitrogen and oxygen atoms in total. The minimum absolute atomic E-state index is 0.0661. The van der Waals surface area contributed by atoms with E-state index in [9.17, 15) is 18.3 Å². The SMILES string of the molecule is Oc1cc(Cl)c(OCCCOc2ccc(OC(F)(F)F)cc2)c(Cl)c1. The van der Waals surface area contributed by atoms with Crippen LogP contribution in [0, 0.1) is 0 Å². The fourth-order valence-corrected chi connectivity index (χ4v) is 2.43. The zero-order valence-corrected chi connectivity index (χ0v) is 14.2. The summed E-state index contributed by atoms with van der Waals surface area (Å²) in [5.41, 5.74) is 0. The van der Waals surface area contributed by atoms with Crippen LogP contribution < -0.4 is 14.2 Å². The lowest BCUT2D eigenvalue weighted by Crippen LogP contribution is -2.17. The van der Waals surface area contributed by atoms with Crippen LogP contribution in [0.1, 0.15) is 6.42 Å². The first-order valence-electron chi connectivity index (χ1n) is 7.04. The topological polar surface area (TPSA) is 47.9 Å². The van der Waals surface area contributed by atoms with Crippen LogP contribution >= 0.6 is 23.2 Å². The molecule has 0 bridgehead atoms.